The topological polar surface area (TPSA) is 24.5 Å². The first kappa shape index (κ1) is 17.9. The molecule has 20 heavy (non-hydrogen) atoms. The first-order chi connectivity index (χ1) is 9.86. The Balaban J connectivity index is 1.94. The molecule has 1 fully saturated rings. The molecule has 3 heteroatoms. The van der Waals surface area contributed by atoms with E-state index >= 15 is 0 Å². The molecule has 0 saturated carbocycles. The van der Waals surface area contributed by atoms with Gasteiger partial charge < -0.3 is 15.0 Å². The number of rotatable bonds is 11. The van der Waals surface area contributed by atoms with E-state index in [-0.39, 0.29) is 0 Å². The molecule has 1 aliphatic rings. The fraction of sp³-hybridized carbons (Fsp3) is 1.00. The van der Waals surface area contributed by atoms with Gasteiger partial charge in [0.05, 0.1) is 6.61 Å². The summed E-state index contributed by atoms with van der Waals surface area (Å²) in [5.74, 6) is 0.991. The Labute approximate surface area is 126 Å². The quantitative estimate of drug-likeness (QED) is 0.589. The van der Waals surface area contributed by atoms with Crippen LogP contribution >= 0.6 is 0 Å². The molecule has 0 aromatic heterocycles. The summed E-state index contributed by atoms with van der Waals surface area (Å²) in [6.07, 6.45) is 9.45. The minimum Gasteiger partial charge on any atom is -0.380 e. The Hall–Kier alpha value is -0.120. The van der Waals surface area contributed by atoms with Gasteiger partial charge in [0.25, 0.3) is 0 Å². The lowest BCUT2D eigenvalue weighted by molar-refractivity contribution is 0.132. The molecule has 1 unspecified atom stereocenters. The van der Waals surface area contributed by atoms with Crippen molar-refractivity contribution in [2.24, 2.45) is 5.92 Å². The number of hydrogen-bond donors (Lipinski definition) is 1. The molecule has 0 radical (unpaired) electrons. The second-order valence-corrected chi connectivity index (χ2v) is 6.14. The fourth-order valence-electron chi connectivity index (χ4n) is 3.00. The third-order valence-electron chi connectivity index (χ3n) is 4.31. The first-order valence-electron chi connectivity index (χ1n) is 8.87. The zero-order valence-corrected chi connectivity index (χ0v) is 13.8. The number of likely N-dealkylation sites (tertiary alicyclic amines) is 1. The Kier molecular flexibility index (Phi) is 11.3. The summed E-state index contributed by atoms with van der Waals surface area (Å²) in [6, 6.07) is 0. The molecular formula is C17H36N2O. The number of nitrogens with one attached hydrogen (secondary N) is 1. The molecule has 1 heterocycles. The summed E-state index contributed by atoms with van der Waals surface area (Å²) < 4.78 is 5.55. The third-order valence-corrected chi connectivity index (χ3v) is 4.31. The van der Waals surface area contributed by atoms with Crippen molar-refractivity contribution in [3.63, 3.8) is 0 Å². The van der Waals surface area contributed by atoms with Crippen molar-refractivity contribution in [1.82, 2.24) is 10.2 Å². The standard InChI is InChI=1S/C17H36N2O/c1-3-5-15-20-16-11-18-10-14-19-12-6-8-17(7-4-2)9-13-19/h17-18H,3-16H2,1-2H3. The monoisotopic (exact) mass is 284 g/mol. The first-order valence-corrected chi connectivity index (χ1v) is 8.87. The lowest BCUT2D eigenvalue weighted by Crippen LogP contribution is -2.34. The van der Waals surface area contributed by atoms with Crippen LogP contribution in [0, 0.1) is 5.92 Å². The lowest BCUT2D eigenvalue weighted by atomic mass is 9.96. The molecule has 0 aromatic rings. The third kappa shape index (κ3) is 8.93. The van der Waals surface area contributed by atoms with Crippen molar-refractivity contribution in [2.45, 2.75) is 58.8 Å². The molecule has 3 nitrogen and oxygen atoms in total. The second-order valence-electron chi connectivity index (χ2n) is 6.14. The molecule has 120 valence electrons. The van der Waals surface area contributed by atoms with E-state index in [9.17, 15) is 0 Å². The average molecular weight is 284 g/mol. The Bertz CT molecular complexity index is 211. The van der Waals surface area contributed by atoms with E-state index in [2.05, 4.69) is 24.1 Å². The lowest BCUT2D eigenvalue weighted by Gasteiger charge is -2.20. The number of ether oxygens (including phenoxy) is 1. The predicted octanol–water partition coefficient (Wildman–Crippen LogP) is 3.29. The number of unbranched alkanes of at least 4 members (excludes halogenated alkanes) is 1. The fourth-order valence-corrected chi connectivity index (χ4v) is 3.00. The molecule has 1 N–H and O–H groups in total. The van der Waals surface area contributed by atoms with E-state index in [4.69, 9.17) is 4.74 Å². The van der Waals surface area contributed by atoms with E-state index < -0.39 is 0 Å². The van der Waals surface area contributed by atoms with Crippen LogP contribution < -0.4 is 5.32 Å². The normalized spacial score (nSPS) is 21.0. The van der Waals surface area contributed by atoms with E-state index in [1.807, 2.05) is 0 Å². The molecule has 0 spiro atoms. The van der Waals surface area contributed by atoms with Gasteiger partial charge in [-0.05, 0) is 44.7 Å². The highest BCUT2D eigenvalue weighted by atomic mass is 16.5. The highest BCUT2D eigenvalue weighted by molar-refractivity contribution is 4.70. The van der Waals surface area contributed by atoms with Gasteiger partial charge in [0.2, 0.25) is 0 Å². The largest absolute Gasteiger partial charge is 0.380 e. The van der Waals surface area contributed by atoms with Gasteiger partial charge in [-0.25, -0.2) is 0 Å². The van der Waals surface area contributed by atoms with Gasteiger partial charge in [-0.15, -0.1) is 0 Å². The predicted molar refractivity (Wildman–Crippen MR) is 87.3 cm³/mol. The van der Waals surface area contributed by atoms with Gasteiger partial charge in [0.15, 0.2) is 0 Å². The zero-order chi connectivity index (χ0) is 14.5. The maximum Gasteiger partial charge on any atom is 0.0590 e. The van der Waals surface area contributed by atoms with Crippen LogP contribution in [0.1, 0.15) is 58.8 Å². The van der Waals surface area contributed by atoms with Crippen LogP contribution in [0.15, 0.2) is 0 Å². The van der Waals surface area contributed by atoms with Gasteiger partial charge in [0, 0.05) is 26.2 Å². The van der Waals surface area contributed by atoms with Crippen LogP contribution in [0.25, 0.3) is 0 Å². The van der Waals surface area contributed by atoms with Crippen LogP contribution in [-0.4, -0.2) is 50.8 Å². The molecule has 0 bridgehead atoms. The summed E-state index contributed by atoms with van der Waals surface area (Å²) in [6.45, 7) is 12.2. The van der Waals surface area contributed by atoms with Gasteiger partial charge in [-0.3, -0.25) is 0 Å². The summed E-state index contributed by atoms with van der Waals surface area (Å²) in [4.78, 5) is 2.64. The van der Waals surface area contributed by atoms with E-state index in [0.29, 0.717) is 0 Å². The molecule has 1 rings (SSSR count). The van der Waals surface area contributed by atoms with Crippen molar-refractivity contribution in [3.05, 3.63) is 0 Å². The highest BCUT2D eigenvalue weighted by Crippen LogP contribution is 2.21. The van der Waals surface area contributed by atoms with E-state index in [1.54, 1.807) is 0 Å². The van der Waals surface area contributed by atoms with Crippen molar-refractivity contribution in [2.75, 3.05) is 45.9 Å². The summed E-state index contributed by atoms with van der Waals surface area (Å²) >= 11 is 0. The van der Waals surface area contributed by atoms with Crippen LogP contribution in [-0.2, 0) is 4.74 Å². The number of nitrogens with zero attached hydrogens (tertiary/aromatic N) is 1. The second kappa shape index (κ2) is 12.6. The number of hydrogen-bond acceptors (Lipinski definition) is 3. The Morgan fingerprint density at radius 3 is 2.75 bits per heavy atom. The zero-order valence-electron chi connectivity index (χ0n) is 13.8. The Morgan fingerprint density at radius 2 is 1.95 bits per heavy atom. The highest BCUT2D eigenvalue weighted by Gasteiger charge is 2.15. The van der Waals surface area contributed by atoms with Crippen LogP contribution in [0.4, 0.5) is 0 Å². The minimum atomic E-state index is 0.860. The molecule has 1 saturated heterocycles. The summed E-state index contributed by atoms with van der Waals surface area (Å²) in [5.41, 5.74) is 0. The Morgan fingerprint density at radius 1 is 1.05 bits per heavy atom. The smallest absolute Gasteiger partial charge is 0.0590 e. The van der Waals surface area contributed by atoms with Gasteiger partial charge >= 0.3 is 0 Å². The summed E-state index contributed by atoms with van der Waals surface area (Å²) in [7, 11) is 0. The van der Waals surface area contributed by atoms with Crippen molar-refractivity contribution >= 4 is 0 Å². The molecule has 1 aliphatic heterocycles. The van der Waals surface area contributed by atoms with Crippen LogP contribution in [0.3, 0.4) is 0 Å². The van der Waals surface area contributed by atoms with E-state index in [1.165, 1.54) is 64.6 Å². The van der Waals surface area contributed by atoms with Crippen molar-refractivity contribution < 1.29 is 4.74 Å². The van der Waals surface area contributed by atoms with Gasteiger partial charge in [0.1, 0.15) is 0 Å². The molecule has 0 aliphatic carbocycles. The molecule has 0 amide bonds. The van der Waals surface area contributed by atoms with Gasteiger partial charge in [-0.2, -0.15) is 0 Å². The van der Waals surface area contributed by atoms with Crippen molar-refractivity contribution in [1.29, 1.82) is 0 Å². The maximum absolute atomic E-state index is 5.55. The van der Waals surface area contributed by atoms with Gasteiger partial charge in [-0.1, -0.05) is 33.1 Å². The molecule has 1 atom stereocenters. The minimum absolute atomic E-state index is 0.860. The molecular weight excluding hydrogens is 248 g/mol. The SMILES string of the molecule is CCCCOCCNCCN1CCCC(CCC)CC1. The van der Waals surface area contributed by atoms with Crippen molar-refractivity contribution in [3.8, 4) is 0 Å². The van der Waals surface area contributed by atoms with Crippen LogP contribution in [0.2, 0.25) is 0 Å². The van der Waals surface area contributed by atoms with E-state index in [0.717, 1.165) is 32.2 Å². The maximum atomic E-state index is 5.55. The molecule has 0 aromatic carbocycles. The average Bonchev–Trinajstić information content (AvgIpc) is 2.68. The summed E-state index contributed by atoms with van der Waals surface area (Å²) in [5, 5.41) is 3.50. The van der Waals surface area contributed by atoms with Crippen LogP contribution in [0.5, 0.6) is 0 Å².